The first kappa shape index (κ1) is 108. The number of ether oxygens (including phenoxy) is 6. The van der Waals surface area contributed by atoms with Crippen molar-refractivity contribution in [2.24, 2.45) is 0 Å². The lowest BCUT2D eigenvalue weighted by Gasteiger charge is -2.48. The van der Waals surface area contributed by atoms with Gasteiger partial charge in [-0.2, -0.15) is 0 Å². The molecule has 3 rings (SSSR count). The van der Waals surface area contributed by atoms with Crippen LogP contribution in [0.4, 0.5) is 0 Å². The van der Waals surface area contributed by atoms with E-state index >= 15 is 0 Å². The molecule has 0 spiro atoms. The summed E-state index contributed by atoms with van der Waals surface area (Å²) in [5, 5.41) is 121. The van der Waals surface area contributed by atoms with E-state index in [-0.39, 0.29) is 12.3 Å². The van der Waals surface area contributed by atoms with Crippen molar-refractivity contribution in [2.45, 2.75) is 413 Å². The Hall–Kier alpha value is -5.11. The fraction of sp³-hybridized carbons (Fsp3) is 0.690. The standard InChI is InChI=1S/C100H165NO18/c1-3-5-7-9-11-13-15-17-19-21-23-25-27-29-31-33-35-37-38-39-40-41-42-43-44-46-48-50-52-54-56-58-60-62-64-66-68-70-72-74-76-78-88(106)101-83(84(105)77-75-73-71-69-67-65-63-61-59-57-55-53-51-49-47-45-36-34-32-30-28-26-24-22-20-18-16-14-12-10-8-6-4-2)82-114-98-94(112)91(109)96(86(80-103)116-98)119-100-95(113)92(110)97(87(81-104)117-100)118-99-93(111)90(108)89(107)85(79-102)115-99/h5,7,11,13,17,19,23,25,29,31,35,37,39-40,42-43,46,48,52,54,58-61,64,66-67,69,75,77,83-87,89-100,102-105,107-113H,3-4,6,8-10,12,14-16,18,20-22,24,26-28,30,32-34,36,38,41,44-45,47,49-51,53,55-57,62-63,65,68,70-74,76,78-82H2,1-2H3,(H,101,106)/b7-5-,13-11-,19-17-,25-23-,31-29-,37-35-,40-39-,43-42-,48-46-,54-52-,60-58-,61-59+,66-64-,69-67+,77-75+. The molecule has 678 valence electrons. The van der Waals surface area contributed by atoms with E-state index in [9.17, 15) is 61.0 Å². The maximum atomic E-state index is 13.5. The summed E-state index contributed by atoms with van der Waals surface area (Å²) in [5.74, 6) is -0.319. The van der Waals surface area contributed by atoms with Gasteiger partial charge in [-0.15, -0.1) is 0 Å². The number of carbonyl (C=O) groups is 1. The number of unbranched alkanes of at least 4 members (excludes halogenated alkanes) is 29. The van der Waals surface area contributed by atoms with Gasteiger partial charge in [0, 0.05) is 6.42 Å². The van der Waals surface area contributed by atoms with Crippen LogP contribution in [0.15, 0.2) is 182 Å². The summed E-state index contributed by atoms with van der Waals surface area (Å²) in [4.78, 5) is 13.5. The molecule has 3 saturated heterocycles. The molecule has 3 aliphatic rings. The summed E-state index contributed by atoms with van der Waals surface area (Å²) in [5.41, 5.74) is 0. The second-order valence-electron chi connectivity index (χ2n) is 32.0. The van der Waals surface area contributed by atoms with Crippen LogP contribution in [0.3, 0.4) is 0 Å². The highest BCUT2D eigenvalue weighted by Crippen LogP contribution is 2.33. The first-order valence-electron chi connectivity index (χ1n) is 46.5. The largest absolute Gasteiger partial charge is 0.394 e. The maximum absolute atomic E-state index is 13.5. The Balaban J connectivity index is 1.36. The average Bonchev–Trinajstić information content (AvgIpc) is 0.778. The number of allylic oxidation sites excluding steroid dienone is 29. The van der Waals surface area contributed by atoms with Gasteiger partial charge in [0.15, 0.2) is 18.9 Å². The summed E-state index contributed by atoms with van der Waals surface area (Å²) in [7, 11) is 0. The van der Waals surface area contributed by atoms with Crippen molar-refractivity contribution in [3.05, 3.63) is 182 Å². The Bertz CT molecular complexity index is 2870. The van der Waals surface area contributed by atoms with Gasteiger partial charge < -0.3 is 89.9 Å². The van der Waals surface area contributed by atoms with Gasteiger partial charge in [-0.3, -0.25) is 4.79 Å². The number of carbonyl (C=O) groups excluding carboxylic acids is 1. The van der Waals surface area contributed by atoms with Crippen molar-refractivity contribution in [1.29, 1.82) is 0 Å². The van der Waals surface area contributed by atoms with E-state index in [2.05, 4.69) is 189 Å². The zero-order valence-corrected chi connectivity index (χ0v) is 73.3. The van der Waals surface area contributed by atoms with Crippen molar-refractivity contribution in [2.75, 3.05) is 26.4 Å². The predicted molar refractivity (Wildman–Crippen MR) is 484 cm³/mol. The van der Waals surface area contributed by atoms with Crippen LogP contribution >= 0.6 is 0 Å². The quantitative estimate of drug-likeness (QED) is 0.0199. The van der Waals surface area contributed by atoms with E-state index in [1.54, 1.807) is 6.08 Å². The number of amides is 1. The smallest absolute Gasteiger partial charge is 0.220 e. The molecule has 0 aliphatic carbocycles. The molecule has 3 fully saturated rings. The van der Waals surface area contributed by atoms with Gasteiger partial charge in [0.1, 0.15) is 73.2 Å². The van der Waals surface area contributed by atoms with Crippen molar-refractivity contribution < 1.29 is 89.4 Å². The van der Waals surface area contributed by atoms with Gasteiger partial charge in [0.05, 0.1) is 38.6 Å². The summed E-state index contributed by atoms with van der Waals surface area (Å²) in [6.45, 7) is 1.59. The minimum atomic E-state index is -2.00. The number of aliphatic hydroxyl groups excluding tert-OH is 11. The van der Waals surface area contributed by atoms with Gasteiger partial charge in [-0.05, 0) is 135 Å². The van der Waals surface area contributed by atoms with Gasteiger partial charge >= 0.3 is 0 Å². The summed E-state index contributed by atoms with van der Waals surface area (Å²) in [6.07, 6.45) is 90.4. The van der Waals surface area contributed by atoms with E-state index in [0.29, 0.717) is 12.8 Å². The second kappa shape index (κ2) is 76.5. The van der Waals surface area contributed by atoms with E-state index in [1.165, 1.54) is 148 Å². The highest BCUT2D eigenvalue weighted by atomic mass is 16.8. The zero-order valence-electron chi connectivity index (χ0n) is 73.3. The first-order valence-corrected chi connectivity index (χ1v) is 46.5. The van der Waals surface area contributed by atoms with E-state index < -0.39 is 131 Å². The minimum Gasteiger partial charge on any atom is -0.394 e. The van der Waals surface area contributed by atoms with E-state index in [0.717, 1.165) is 128 Å². The second-order valence-corrected chi connectivity index (χ2v) is 32.0. The SMILES string of the molecule is CC/C=C\C/C=C\C/C=C\C/C=C\C/C=C\C/C=C\C/C=C\C/C=C\C/C=C\C/C=C\C/C=C\C/C=C\CCCCCCC(=O)NC(COC1OC(CO)C(OC2OC(CO)C(OC3OC(CO)C(O)C(O)C3O)C(O)C2O)C(O)C1O)C(O)/C=C/CC/C=C/CC/C=C/CCCCCCCCCCCCCCCCCCCCCCCCC. The molecule has 19 heteroatoms. The Kier molecular flexibility index (Phi) is 69.5. The molecule has 119 heavy (non-hydrogen) atoms. The summed E-state index contributed by atoms with van der Waals surface area (Å²) in [6, 6.07) is -1.03. The molecule has 19 nitrogen and oxygen atoms in total. The molecule has 0 aromatic heterocycles. The average molecular weight is 1670 g/mol. The van der Waals surface area contributed by atoms with E-state index in [4.69, 9.17) is 28.4 Å². The van der Waals surface area contributed by atoms with Crippen LogP contribution in [0, 0.1) is 0 Å². The van der Waals surface area contributed by atoms with Crippen LogP contribution in [0.1, 0.15) is 309 Å². The molecule has 17 unspecified atom stereocenters. The normalized spacial score (nSPS) is 25.1. The number of hydrogen-bond acceptors (Lipinski definition) is 18. The monoisotopic (exact) mass is 1670 g/mol. The Morgan fingerprint density at radius 2 is 0.588 bits per heavy atom. The molecular formula is C100H165NO18. The molecule has 3 heterocycles. The van der Waals surface area contributed by atoms with Crippen LogP contribution in [0.25, 0.3) is 0 Å². The third-order valence-corrected chi connectivity index (χ3v) is 21.7. The van der Waals surface area contributed by atoms with Crippen LogP contribution in [-0.4, -0.2) is 193 Å². The molecule has 3 aliphatic heterocycles. The van der Waals surface area contributed by atoms with Gasteiger partial charge in [-0.25, -0.2) is 0 Å². The van der Waals surface area contributed by atoms with Gasteiger partial charge in [-0.1, -0.05) is 350 Å². The molecule has 12 N–H and O–H groups in total. The molecule has 0 saturated carbocycles. The van der Waals surface area contributed by atoms with Crippen molar-refractivity contribution >= 4 is 5.91 Å². The first-order chi connectivity index (χ1) is 58.3. The lowest BCUT2D eigenvalue weighted by molar-refractivity contribution is -0.379. The Morgan fingerprint density at radius 1 is 0.311 bits per heavy atom. The number of aliphatic hydroxyl groups is 11. The Morgan fingerprint density at radius 3 is 0.941 bits per heavy atom. The highest BCUT2D eigenvalue weighted by Gasteiger charge is 2.54. The third kappa shape index (κ3) is 54.3. The fourth-order valence-electron chi connectivity index (χ4n) is 14.3. The maximum Gasteiger partial charge on any atom is 0.220 e. The van der Waals surface area contributed by atoms with Gasteiger partial charge in [0.25, 0.3) is 0 Å². The fourth-order valence-corrected chi connectivity index (χ4v) is 14.3. The van der Waals surface area contributed by atoms with Gasteiger partial charge in [0.2, 0.25) is 5.91 Å². The van der Waals surface area contributed by atoms with Crippen molar-refractivity contribution in [3.63, 3.8) is 0 Å². The van der Waals surface area contributed by atoms with E-state index in [1.807, 2.05) is 6.08 Å². The molecular weight excluding hydrogens is 1500 g/mol. The highest BCUT2D eigenvalue weighted by molar-refractivity contribution is 5.76. The van der Waals surface area contributed by atoms with Crippen LogP contribution < -0.4 is 5.32 Å². The third-order valence-electron chi connectivity index (χ3n) is 21.7. The topological polar surface area (TPSA) is 307 Å². The predicted octanol–water partition coefficient (Wildman–Crippen LogP) is 18.6. The summed E-state index contributed by atoms with van der Waals surface area (Å²) >= 11 is 0. The van der Waals surface area contributed by atoms with Crippen LogP contribution in [0.5, 0.6) is 0 Å². The number of nitrogens with one attached hydrogen (secondary N) is 1. The molecule has 0 radical (unpaired) electrons. The Labute approximate surface area is 719 Å². The molecule has 1 amide bonds. The van der Waals surface area contributed by atoms with Crippen LogP contribution in [-0.2, 0) is 33.2 Å². The lowest BCUT2D eigenvalue weighted by atomic mass is 9.96. The lowest BCUT2D eigenvalue weighted by Crippen LogP contribution is -2.66. The molecule has 0 bridgehead atoms. The van der Waals surface area contributed by atoms with Crippen molar-refractivity contribution in [1.82, 2.24) is 5.32 Å². The number of hydrogen-bond donors (Lipinski definition) is 12. The van der Waals surface area contributed by atoms with Crippen LogP contribution in [0.2, 0.25) is 0 Å². The minimum absolute atomic E-state index is 0.190. The molecule has 17 atom stereocenters. The zero-order chi connectivity index (χ0) is 85.9. The van der Waals surface area contributed by atoms with Crippen molar-refractivity contribution in [3.8, 4) is 0 Å². The molecule has 0 aromatic carbocycles. The number of rotatable bonds is 73. The molecule has 0 aromatic rings. The summed E-state index contributed by atoms with van der Waals surface area (Å²) < 4.78 is 34.5.